The number of hydrogen-bond donors (Lipinski definition) is 0. The largest absolute Gasteiger partial charge is 1.00 e. The molecule has 0 fully saturated rings. The fraction of sp³-hybridized carbons (Fsp3) is 0.0222. The summed E-state index contributed by atoms with van der Waals surface area (Å²) < 4.78 is 83.7. The fourth-order valence-corrected chi connectivity index (χ4v) is 11.4. The van der Waals surface area contributed by atoms with Crippen molar-refractivity contribution in [3.63, 3.8) is 0 Å². The first-order valence-electron chi connectivity index (χ1n) is 18.2. The number of alkyl halides is 3. The number of rotatable bonds is 9. The van der Waals surface area contributed by atoms with E-state index in [1.807, 2.05) is 0 Å². The van der Waals surface area contributed by atoms with E-state index in [9.17, 15) is 30.4 Å². The number of para-hydroxylation sites is 2. The summed E-state index contributed by atoms with van der Waals surface area (Å²) in [5.74, 6) is 2.20. The van der Waals surface area contributed by atoms with Crippen LogP contribution in [0.15, 0.2) is 207 Å². The van der Waals surface area contributed by atoms with Crippen LogP contribution in [0.25, 0.3) is 5.82 Å². The molecule has 0 bridgehead atoms. The van der Waals surface area contributed by atoms with Crippen molar-refractivity contribution in [3.05, 3.63) is 212 Å². The molecular weight excluding hydrogens is 868 g/mol. The number of pyridine rings is 1. The van der Waals surface area contributed by atoms with E-state index < -0.39 is 35.0 Å². The van der Waals surface area contributed by atoms with Crippen LogP contribution in [0.1, 0.15) is 5.69 Å². The first-order valence-corrected chi connectivity index (χ1v) is 21.2. The second-order valence-corrected chi connectivity index (χ2v) is 17.5. The monoisotopic (exact) mass is 903 g/mol. The topological polar surface area (TPSA) is 39.9 Å². The molecule has 6 aromatic carbocycles. The van der Waals surface area contributed by atoms with E-state index in [4.69, 9.17) is 4.74 Å². The van der Waals surface area contributed by atoms with E-state index in [0.717, 1.165) is 22.2 Å². The number of nitrogens with zero attached hydrogens (tertiary/aromatic N) is 3. The molecule has 4 nitrogen and oxygen atoms in total. The SMILES string of the molecule is FC(F)(F)c1ccn(-c2ccccn2)n1.F[B-](F)(F)F.[Cu+].c1ccc([PH+](c2ccccc2)c2ccccc2Oc2ccccc2[PH+](c2ccccc2)c2ccccc2)cc1. The smallest absolute Gasteiger partial charge is 0.449 e. The summed E-state index contributed by atoms with van der Waals surface area (Å²) >= 11 is 0. The zero-order chi connectivity index (χ0) is 41.7. The molecule has 2 heterocycles. The van der Waals surface area contributed by atoms with Crippen molar-refractivity contribution in [1.82, 2.24) is 14.8 Å². The Morgan fingerprint density at radius 1 is 0.467 bits per heavy atom. The summed E-state index contributed by atoms with van der Waals surface area (Å²) in [4.78, 5) is 3.88. The van der Waals surface area contributed by atoms with Crippen LogP contribution in [0.4, 0.5) is 30.4 Å². The van der Waals surface area contributed by atoms with Crippen LogP contribution in [-0.4, -0.2) is 22.0 Å². The number of aromatic nitrogens is 3. The molecular formula is C45H36BCuF7N3OP2+2. The fourth-order valence-electron chi connectivity index (χ4n) is 6.11. The minimum atomic E-state index is -6.00. The predicted molar refractivity (Wildman–Crippen MR) is 230 cm³/mol. The summed E-state index contributed by atoms with van der Waals surface area (Å²) in [5, 5.41) is 11.3. The Morgan fingerprint density at radius 3 is 1.15 bits per heavy atom. The molecule has 308 valence electrons. The maximum Gasteiger partial charge on any atom is 1.00 e. The predicted octanol–water partition coefficient (Wildman–Crippen LogP) is 10.0. The Balaban J connectivity index is 0.000000269. The van der Waals surface area contributed by atoms with Crippen LogP contribution in [0.2, 0.25) is 0 Å². The van der Waals surface area contributed by atoms with Crippen LogP contribution in [0, 0.1) is 0 Å². The Labute approximate surface area is 356 Å². The van der Waals surface area contributed by atoms with E-state index >= 15 is 0 Å². The van der Waals surface area contributed by atoms with E-state index in [0.29, 0.717) is 5.82 Å². The number of benzene rings is 6. The molecule has 0 amide bonds. The van der Waals surface area contributed by atoms with Gasteiger partial charge in [0.2, 0.25) is 0 Å². The molecule has 0 N–H and O–H groups in total. The Morgan fingerprint density at radius 2 is 0.817 bits per heavy atom. The van der Waals surface area contributed by atoms with Crippen LogP contribution < -0.4 is 36.6 Å². The maximum atomic E-state index is 12.2. The van der Waals surface area contributed by atoms with Gasteiger partial charge in [0.1, 0.15) is 47.7 Å². The number of halogens is 7. The Kier molecular flexibility index (Phi) is 16.4. The van der Waals surface area contributed by atoms with Crippen LogP contribution in [0.5, 0.6) is 11.5 Å². The van der Waals surface area contributed by atoms with Crippen molar-refractivity contribution in [2.45, 2.75) is 6.18 Å². The van der Waals surface area contributed by atoms with Gasteiger partial charge in [-0.05, 0) is 91.0 Å². The van der Waals surface area contributed by atoms with Crippen molar-refractivity contribution in [3.8, 4) is 17.3 Å². The van der Waals surface area contributed by atoms with Gasteiger partial charge in [-0.25, -0.2) is 9.67 Å². The molecule has 0 saturated carbocycles. The second kappa shape index (κ2) is 21.6. The Hall–Kier alpha value is -5.57. The van der Waals surface area contributed by atoms with Gasteiger partial charge < -0.3 is 22.0 Å². The van der Waals surface area contributed by atoms with Gasteiger partial charge in [-0.3, -0.25) is 0 Å². The summed E-state index contributed by atoms with van der Waals surface area (Å²) in [6.45, 7) is 0. The van der Waals surface area contributed by atoms with Crippen LogP contribution in [-0.2, 0) is 23.2 Å². The average Bonchev–Trinajstić information content (AvgIpc) is 3.76. The van der Waals surface area contributed by atoms with Crippen LogP contribution >= 0.6 is 15.8 Å². The van der Waals surface area contributed by atoms with E-state index in [2.05, 4.69) is 180 Å². The van der Waals surface area contributed by atoms with Gasteiger partial charge in [-0.1, -0.05) is 103 Å². The molecule has 0 aliphatic heterocycles. The number of hydrogen-bond acceptors (Lipinski definition) is 3. The van der Waals surface area contributed by atoms with Crippen molar-refractivity contribution >= 4 is 54.9 Å². The van der Waals surface area contributed by atoms with Gasteiger partial charge in [0.15, 0.2) is 23.0 Å². The molecule has 0 unspecified atom stereocenters. The van der Waals surface area contributed by atoms with Crippen molar-refractivity contribution in [2.75, 3.05) is 0 Å². The molecule has 0 atom stereocenters. The van der Waals surface area contributed by atoms with Gasteiger partial charge in [0.05, 0.1) is 0 Å². The molecule has 2 aromatic heterocycles. The van der Waals surface area contributed by atoms with Gasteiger partial charge in [-0.15, -0.1) is 0 Å². The third-order valence-electron chi connectivity index (χ3n) is 8.55. The van der Waals surface area contributed by atoms with Crippen LogP contribution in [0.3, 0.4) is 0 Å². The summed E-state index contributed by atoms with van der Waals surface area (Å²) in [6.07, 6.45) is -1.70. The van der Waals surface area contributed by atoms with E-state index in [1.54, 1.807) is 18.2 Å². The first-order chi connectivity index (χ1) is 28.5. The Bertz CT molecular complexity index is 2280. The van der Waals surface area contributed by atoms with Gasteiger partial charge in [-0.2, -0.15) is 18.3 Å². The first kappa shape index (κ1) is 45.5. The van der Waals surface area contributed by atoms with Gasteiger partial charge >= 0.3 is 30.5 Å². The van der Waals surface area contributed by atoms with E-state index in [-0.39, 0.29) is 17.1 Å². The van der Waals surface area contributed by atoms with Crippen molar-refractivity contribution < 1.29 is 52.2 Å². The second-order valence-electron chi connectivity index (χ2n) is 12.6. The third kappa shape index (κ3) is 13.0. The molecule has 0 radical (unpaired) electrons. The molecule has 0 aliphatic carbocycles. The average molecular weight is 904 g/mol. The third-order valence-corrected chi connectivity index (χ3v) is 14.1. The molecule has 0 spiro atoms. The van der Waals surface area contributed by atoms with E-state index in [1.165, 1.54) is 44.2 Å². The molecule has 0 aliphatic rings. The normalized spacial score (nSPS) is 11.1. The summed E-state index contributed by atoms with van der Waals surface area (Å²) in [7, 11) is -8.56. The minimum Gasteiger partial charge on any atom is -0.449 e. The molecule has 0 saturated heterocycles. The quantitative estimate of drug-likeness (QED) is 0.0824. The standard InChI is InChI=1S/C36H28OP2.C9H6F3N3.BF4.Cu/c1-5-17-29(18-6-1)38(30-19-7-2-8-20-30)35-27-15-13-25-33(35)37-34-26-14-16-28-36(34)39(31-21-9-3-10-22-31)32-23-11-4-12-24-32;10-9(11,12)7-4-6-15(14-7)8-3-1-2-5-13-8;2-1(3,4)5;/h1-28H;1-6H;;/q;;-1;+1/p+2. The number of ether oxygens (including phenoxy) is 1. The molecule has 8 rings (SSSR count). The zero-order valence-corrected chi connectivity index (χ0v) is 34.3. The van der Waals surface area contributed by atoms with Gasteiger partial charge in [0, 0.05) is 12.4 Å². The van der Waals surface area contributed by atoms with Gasteiger partial charge in [0.25, 0.3) is 0 Å². The van der Waals surface area contributed by atoms with Crippen molar-refractivity contribution in [2.24, 2.45) is 0 Å². The molecule has 60 heavy (non-hydrogen) atoms. The zero-order valence-electron chi connectivity index (χ0n) is 31.4. The maximum absolute atomic E-state index is 12.2. The van der Waals surface area contributed by atoms with Crippen molar-refractivity contribution in [1.29, 1.82) is 0 Å². The molecule has 8 aromatic rings. The summed E-state index contributed by atoms with van der Waals surface area (Å²) in [5.41, 5.74) is -0.923. The summed E-state index contributed by atoms with van der Waals surface area (Å²) in [6, 6.07) is 66.4. The minimum absolute atomic E-state index is 0. The molecule has 15 heteroatoms.